The van der Waals surface area contributed by atoms with Gasteiger partial charge in [-0.05, 0) is 38.0 Å². The van der Waals surface area contributed by atoms with E-state index in [0.717, 1.165) is 6.42 Å². The molecule has 114 valence electrons. The summed E-state index contributed by atoms with van der Waals surface area (Å²) in [7, 11) is -3.48. The monoisotopic (exact) mass is 301 g/mol. The Bertz CT molecular complexity index is 530. The Balaban J connectivity index is 2.77. The van der Waals surface area contributed by atoms with Crippen LogP contribution >= 0.6 is 0 Å². The SMILES string of the molecule is CCNS(=O)(=O)c1ccc(N)c(NCCCC(C)O)c1. The molecular weight excluding hydrogens is 278 g/mol. The first-order valence-electron chi connectivity index (χ1n) is 6.68. The van der Waals surface area contributed by atoms with Crippen molar-refractivity contribution < 1.29 is 13.5 Å². The van der Waals surface area contributed by atoms with E-state index in [1.54, 1.807) is 19.9 Å². The zero-order chi connectivity index (χ0) is 15.2. The first-order chi connectivity index (χ1) is 9.36. The van der Waals surface area contributed by atoms with Crippen LogP contribution < -0.4 is 15.8 Å². The number of hydrogen-bond acceptors (Lipinski definition) is 5. The molecule has 0 saturated heterocycles. The third kappa shape index (κ3) is 4.99. The van der Waals surface area contributed by atoms with Crippen molar-refractivity contribution in [2.45, 2.75) is 37.7 Å². The van der Waals surface area contributed by atoms with E-state index in [0.29, 0.717) is 30.9 Å². The summed E-state index contributed by atoms with van der Waals surface area (Å²) in [6.07, 6.45) is 1.12. The Labute approximate surface area is 120 Å². The van der Waals surface area contributed by atoms with Crippen LogP contribution in [0.5, 0.6) is 0 Å². The predicted octanol–water partition coefficient (Wildman–Crippen LogP) is 1.14. The highest BCUT2D eigenvalue weighted by Crippen LogP contribution is 2.22. The summed E-state index contributed by atoms with van der Waals surface area (Å²) >= 11 is 0. The minimum atomic E-state index is -3.48. The third-order valence-electron chi connectivity index (χ3n) is 2.78. The Morgan fingerprint density at radius 3 is 2.70 bits per heavy atom. The fourth-order valence-corrected chi connectivity index (χ4v) is 2.82. The van der Waals surface area contributed by atoms with Gasteiger partial charge in [0, 0.05) is 13.1 Å². The number of nitrogens with two attached hydrogens (primary N) is 1. The number of benzene rings is 1. The Hall–Kier alpha value is -1.31. The van der Waals surface area contributed by atoms with Gasteiger partial charge < -0.3 is 16.2 Å². The van der Waals surface area contributed by atoms with Crippen molar-refractivity contribution in [3.63, 3.8) is 0 Å². The molecule has 1 aromatic carbocycles. The lowest BCUT2D eigenvalue weighted by Gasteiger charge is -2.12. The van der Waals surface area contributed by atoms with E-state index in [-0.39, 0.29) is 11.0 Å². The van der Waals surface area contributed by atoms with Crippen molar-refractivity contribution in [1.29, 1.82) is 0 Å². The minimum absolute atomic E-state index is 0.187. The maximum absolute atomic E-state index is 11.9. The first-order valence-corrected chi connectivity index (χ1v) is 8.16. The van der Waals surface area contributed by atoms with Crippen molar-refractivity contribution >= 4 is 21.4 Å². The molecule has 0 aromatic heterocycles. The lowest BCUT2D eigenvalue weighted by molar-refractivity contribution is 0.183. The lowest BCUT2D eigenvalue weighted by Crippen LogP contribution is -2.23. The molecule has 0 amide bonds. The molecule has 0 aliphatic rings. The van der Waals surface area contributed by atoms with Crippen molar-refractivity contribution in [2.75, 3.05) is 24.1 Å². The number of anilines is 2. The topological polar surface area (TPSA) is 104 Å². The summed E-state index contributed by atoms with van der Waals surface area (Å²) in [5, 5.41) is 12.3. The minimum Gasteiger partial charge on any atom is -0.397 e. The Morgan fingerprint density at radius 1 is 1.40 bits per heavy atom. The van der Waals surface area contributed by atoms with Crippen LogP contribution in [0.25, 0.3) is 0 Å². The number of nitrogen functional groups attached to an aromatic ring is 1. The van der Waals surface area contributed by atoms with Gasteiger partial charge in [0.1, 0.15) is 0 Å². The molecule has 0 bridgehead atoms. The Kier molecular flexibility index (Phi) is 6.25. The second-order valence-electron chi connectivity index (χ2n) is 4.67. The summed E-state index contributed by atoms with van der Waals surface area (Å²) in [6.45, 7) is 4.42. The first kappa shape index (κ1) is 16.7. The van der Waals surface area contributed by atoms with Crippen LogP contribution in [0.15, 0.2) is 23.1 Å². The number of nitrogens with one attached hydrogen (secondary N) is 2. The van der Waals surface area contributed by atoms with Gasteiger partial charge in [-0.3, -0.25) is 0 Å². The van der Waals surface area contributed by atoms with Crippen LogP contribution in [0.1, 0.15) is 26.7 Å². The van der Waals surface area contributed by atoms with Crippen LogP contribution in [-0.2, 0) is 10.0 Å². The van der Waals surface area contributed by atoms with E-state index in [4.69, 9.17) is 5.73 Å². The fraction of sp³-hybridized carbons (Fsp3) is 0.538. The summed E-state index contributed by atoms with van der Waals surface area (Å²) < 4.78 is 26.2. The van der Waals surface area contributed by atoms with Gasteiger partial charge in [-0.15, -0.1) is 0 Å². The predicted molar refractivity (Wildman–Crippen MR) is 81.1 cm³/mol. The van der Waals surface area contributed by atoms with Gasteiger partial charge in [0.05, 0.1) is 22.4 Å². The highest BCUT2D eigenvalue weighted by atomic mass is 32.2. The lowest BCUT2D eigenvalue weighted by atomic mass is 10.2. The molecular formula is C13H23N3O3S. The maximum Gasteiger partial charge on any atom is 0.240 e. The molecule has 0 radical (unpaired) electrons. The van der Waals surface area contributed by atoms with Crippen LogP contribution in [0, 0.1) is 0 Å². The molecule has 7 heteroatoms. The molecule has 0 aliphatic heterocycles. The fourth-order valence-electron chi connectivity index (χ4n) is 1.75. The molecule has 1 rings (SSSR count). The highest BCUT2D eigenvalue weighted by Gasteiger charge is 2.14. The number of sulfonamides is 1. The third-order valence-corrected chi connectivity index (χ3v) is 4.33. The highest BCUT2D eigenvalue weighted by molar-refractivity contribution is 7.89. The van der Waals surface area contributed by atoms with Crippen molar-refractivity contribution in [3.8, 4) is 0 Å². The van der Waals surface area contributed by atoms with Crippen molar-refractivity contribution in [3.05, 3.63) is 18.2 Å². The molecule has 1 atom stereocenters. The quantitative estimate of drug-likeness (QED) is 0.426. The van der Waals surface area contributed by atoms with E-state index in [9.17, 15) is 13.5 Å². The molecule has 0 spiro atoms. The standard InChI is InChI=1S/C13H23N3O3S/c1-3-16-20(18,19)11-6-7-12(14)13(9-11)15-8-4-5-10(2)17/h6-7,9-10,15-17H,3-5,8,14H2,1-2H3. The normalized spacial score (nSPS) is 13.2. The average Bonchev–Trinajstić information content (AvgIpc) is 2.36. The number of aliphatic hydroxyl groups excluding tert-OH is 1. The molecule has 0 heterocycles. The second-order valence-corrected chi connectivity index (χ2v) is 6.44. The van der Waals surface area contributed by atoms with E-state index in [1.807, 2.05) is 0 Å². The van der Waals surface area contributed by atoms with E-state index in [2.05, 4.69) is 10.0 Å². The summed E-state index contributed by atoms with van der Waals surface area (Å²) in [6, 6.07) is 4.57. The average molecular weight is 301 g/mol. The molecule has 20 heavy (non-hydrogen) atoms. The van der Waals surface area contributed by atoms with Gasteiger partial charge in [0.2, 0.25) is 10.0 Å². The molecule has 1 unspecified atom stereocenters. The largest absolute Gasteiger partial charge is 0.397 e. The molecule has 6 nitrogen and oxygen atoms in total. The van der Waals surface area contributed by atoms with Crippen molar-refractivity contribution in [2.24, 2.45) is 0 Å². The van der Waals surface area contributed by atoms with Crippen molar-refractivity contribution in [1.82, 2.24) is 4.72 Å². The van der Waals surface area contributed by atoms with E-state index >= 15 is 0 Å². The number of rotatable bonds is 8. The Morgan fingerprint density at radius 2 is 2.10 bits per heavy atom. The summed E-state index contributed by atoms with van der Waals surface area (Å²) in [4.78, 5) is 0.187. The maximum atomic E-state index is 11.9. The van der Waals surface area contributed by atoms with Crippen LogP contribution in [0.4, 0.5) is 11.4 Å². The van der Waals surface area contributed by atoms with Gasteiger partial charge in [-0.25, -0.2) is 13.1 Å². The number of aliphatic hydroxyl groups is 1. The van der Waals surface area contributed by atoms with Gasteiger partial charge in [0.15, 0.2) is 0 Å². The van der Waals surface area contributed by atoms with E-state index < -0.39 is 10.0 Å². The zero-order valence-electron chi connectivity index (χ0n) is 11.9. The molecule has 5 N–H and O–H groups in total. The molecule has 0 saturated carbocycles. The van der Waals surface area contributed by atoms with Gasteiger partial charge in [-0.1, -0.05) is 6.92 Å². The molecule has 0 aliphatic carbocycles. The molecule has 0 fully saturated rings. The summed E-state index contributed by atoms with van der Waals surface area (Å²) in [5.74, 6) is 0. The second kappa shape index (κ2) is 7.47. The molecule has 1 aromatic rings. The van der Waals surface area contributed by atoms with Crippen LogP contribution in [0.2, 0.25) is 0 Å². The smallest absolute Gasteiger partial charge is 0.240 e. The van der Waals surface area contributed by atoms with Crippen LogP contribution in [0.3, 0.4) is 0 Å². The number of hydrogen-bond donors (Lipinski definition) is 4. The van der Waals surface area contributed by atoms with Gasteiger partial charge >= 0.3 is 0 Å². The zero-order valence-corrected chi connectivity index (χ0v) is 12.7. The van der Waals surface area contributed by atoms with Crippen LogP contribution in [-0.4, -0.2) is 32.7 Å². The van der Waals surface area contributed by atoms with Gasteiger partial charge in [-0.2, -0.15) is 0 Å². The van der Waals surface area contributed by atoms with E-state index in [1.165, 1.54) is 12.1 Å². The summed E-state index contributed by atoms with van der Waals surface area (Å²) in [5.41, 5.74) is 6.91. The van der Waals surface area contributed by atoms with Gasteiger partial charge in [0.25, 0.3) is 0 Å².